The summed E-state index contributed by atoms with van der Waals surface area (Å²) in [5, 5.41) is 6.48. The van der Waals surface area contributed by atoms with Crippen LogP contribution in [0.4, 0.5) is 5.69 Å². The van der Waals surface area contributed by atoms with E-state index in [4.69, 9.17) is 9.26 Å². The number of nitrogens with zero attached hydrogens (tertiary/aromatic N) is 2. The quantitative estimate of drug-likeness (QED) is 0.485. The molecule has 0 radical (unpaired) electrons. The van der Waals surface area contributed by atoms with E-state index in [0.29, 0.717) is 35.9 Å². The minimum atomic E-state index is -3.65. The number of nitrogens with one attached hydrogen (secondary N) is 1. The number of sulfonamides is 1. The van der Waals surface area contributed by atoms with Crippen molar-refractivity contribution >= 4 is 39.3 Å². The van der Waals surface area contributed by atoms with Gasteiger partial charge in [0.05, 0.1) is 16.3 Å². The molecule has 0 aliphatic carbocycles. The van der Waals surface area contributed by atoms with Gasteiger partial charge in [-0.25, -0.2) is 8.42 Å². The fourth-order valence-corrected chi connectivity index (χ4v) is 5.38. The number of benzene rings is 1. The van der Waals surface area contributed by atoms with E-state index in [-0.39, 0.29) is 10.6 Å². The molecule has 2 rings (SSSR count). The third-order valence-corrected chi connectivity index (χ3v) is 7.82. The summed E-state index contributed by atoms with van der Waals surface area (Å²) in [7, 11) is -3.65. The number of hydrogen-bond acceptors (Lipinski definition) is 8. The SMILES string of the molecule is CCN(CC)S(=O)(=O)c1ccc(C)c(NC(=O)COC(=O)CSCc2c(C)noc2C)c1. The predicted molar refractivity (Wildman–Crippen MR) is 123 cm³/mol. The summed E-state index contributed by atoms with van der Waals surface area (Å²) in [6.45, 7) is 9.15. The van der Waals surface area contributed by atoms with Crippen LogP contribution < -0.4 is 5.32 Å². The van der Waals surface area contributed by atoms with E-state index in [1.807, 2.05) is 13.8 Å². The van der Waals surface area contributed by atoms with Crippen LogP contribution in [0.1, 0.15) is 36.4 Å². The minimum Gasteiger partial charge on any atom is -0.455 e. The number of anilines is 1. The number of carbonyl (C=O) groups excluding carboxylic acids is 2. The molecular formula is C21H29N3O6S2. The maximum absolute atomic E-state index is 12.7. The fourth-order valence-electron chi connectivity index (χ4n) is 2.93. The van der Waals surface area contributed by atoms with Crippen LogP contribution in [0.3, 0.4) is 0 Å². The van der Waals surface area contributed by atoms with Crippen LogP contribution in [0.5, 0.6) is 0 Å². The molecule has 9 nitrogen and oxygen atoms in total. The first kappa shape index (κ1) is 25.9. The summed E-state index contributed by atoms with van der Waals surface area (Å²) in [5.74, 6) is 0.271. The fraction of sp³-hybridized carbons (Fsp3) is 0.476. The van der Waals surface area contributed by atoms with Gasteiger partial charge < -0.3 is 14.6 Å². The molecule has 0 spiro atoms. The molecule has 0 aliphatic heterocycles. The van der Waals surface area contributed by atoms with Gasteiger partial charge in [-0.3, -0.25) is 9.59 Å². The zero-order valence-electron chi connectivity index (χ0n) is 18.9. The van der Waals surface area contributed by atoms with Gasteiger partial charge in [0.1, 0.15) is 5.76 Å². The van der Waals surface area contributed by atoms with Gasteiger partial charge in [-0.2, -0.15) is 4.31 Å². The van der Waals surface area contributed by atoms with Crippen molar-refractivity contribution in [1.29, 1.82) is 0 Å². The lowest BCUT2D eigenvalue weighted by Crippen LogP contribution is -2.30. The van der Waals surface area contributed by atoms with Crippen molar-refractivity contribution in [3.05, 3.63) is 40.8 Å². The number of carbonyl (C=O) groups is 2. The van der Waals surface area contributed by atoms with Gasteiger partial charge in [0, 0.05) is 30.1 Å². The number of hydrogen-bond donors (Lipinski definition) is 1. The van der Waals surface area contributed by atoms with Crippen LogP contribution in [0.15, 0.2) is 27.6 Å². The van der Waals surface area contributed by atoms with E-state index in [9.17, 15) is 18.0 Å². The molecule has 0 fully saturated rings. The monoisotopic (exact) mass is 483 g/mol. The number of esters is 1. The van der Waals surface area contributed by atoms with Crippen LogP contribution in [0, 0.1) is 20.8 Å². The van der Waals surface area contributed by atoms with Gasteiger partial charge in [-0.1, -0.05) is 25.1 Å². The van der Waals surface area contributed by atoms with E-state index in [1.54, 1.807) is 26.8 Å². The summed E-state index contributed by atoms with van der Waals surface area (Å²) >= 11 is 1.34. The molecule has 2 aromatic rings. The van der Waals surface area contributed by atoms with Gasteiger partial charge in [-0.05, 0) is 38.5 Å². The highest BCUT2D eigenvalue weighted by atomic mass is 32.2. The first-order chi connectivity index (χ1) is 15.1. The van der Waals surface area contributed by atoms with Gasteiger partial charge >= 0.3 is 5.97 Å². The van der Waals surface area contributed by atoms with Gasteiger partial charge in [0.25, 0.3) is 5.91 Å². The third-order valence-electron chi connectivity index (χ3n) is 4.84. The largest absolute Gasteiger partial charge is 0.455 e. The van der Waals surface area contributed by atoms with Crippen molar-refractivity contribution in [3.8, 4) is 0 Å². The highest BCUT2D eigenvalue weighted by Gasteiger charge is 2.22. The molecule has 0 aliphatic rings. The molecule has 1 amide bonds. The van der Waals surface area contributed by atoms with Crippen molar-refractivity contribution in [2.45, 2.75) is 45.3 Å². The second kappa shape index (κ2) is 11.5. The first-order valence-corrected chi connectivity index (χ1v) is 12.7. The Hall–Kier alpha value is -2.37. The topological polar surface area (TPSA) is 119 Å². The van der Waals surface area contributed by atoms with Gasteiger partial charge in [0.15, 0.2) is 6.61 Å². The zero-order valence-corrected chi connectivity index (χ0v) is 20.6. The molecule has 0 saturated carbocycles. The molecule has 0 atom stereocenters. The predicted octanol–water partition coefficient (Wildman–Crippen LogP) is 3.05. The molecular weight excluding hydrogens is 454 g/mol. The normalized spacial score (nSPS) is 11.6. The lowest BCUT2D eigenvalue weighted by molar-refractivity contribution is -0.144. The molecule has 0 saturated heterocycles. The summed E-state index contributed by atoms with van der Waals surface area (Å²) in [6, 6.07) is 4.56. The molecule has 0 unspecified atom stereocenters. The smallest absolute Gasteiger partial charge is 0.316 e. The zero-order chi connectivity index (χ0) is 23.9. The van der Waals surface area contributed by atoms with E-state index < -0.39 is 28.5 Å². The van der Waals surface area contributed by atoms with Crippen molar-refractivity contribution in [2.24, 2.45) is 0 Å². The maximum Gasteiger partial charge on any atom is 0.316 e. The third kappa shape index (κ3) is 6.57. The summed E-state index contributed by atoms with van der Waals surface area (Å²) in [5.41, 5.74) is 2.77. The van der Waals surface area contributed by atoms with Crippen molar-refractivity contribution in [3.63, 3.8) is 0 Å². The number of aryl methyl sites for hydroxylation is 3. The average Bonchev–Trinajstić information content (AvgIpc) is 3.06. The Morgan fingerprint density at radius 1 is 1.19 bits per heavy atom. The highest BCUT2D eigenvalue weighted by molar-refractivity contribution is 7.99. The Balaban J connectivity index is 1.90. The molecule has 11 heteroatoms. The number of aromatic nitrogens is 1. The Morgan fingerprint density at radius 2 is 1.88 bits per heavy atom. The Morgan fingerprint density at radius 3 is 2.47 bits per heavy atom. The Kier molecular flexibility index (Phi) is 9.29. The highest BCUT2D eigenvalue weighted by Crippen LogP contribution is 2.23. The van der Waals surface area contributed by atoms with E-state index in [2.05, 4.69) is 10.5 Å². The van der Waals surface area contributed by atoms with Crippen molar-refractivity contribution < 1.29 is 27.3 Å². The standard InChI is InChI=1S/C21H29N3O6S2/c1-6-24(7-2)32(27,28)17-9-8-14(3)19(10-17)22-20(25)11-29-21(26)13-31-12-18-15(4)23-30-16(18)5/h8-10H,6-7,11-13H2,1-5H3,(H,22,25). The molecule has 1 N–H and O–H groups in total. The lowest BCUT2D eigenvalue weighted by Gasteiger charge is -2.19. The van der Waals surface area contributed by atoms with E-state index >= 15 is 0 Å². The van der Waals surface area contributed by atoms with Crippen LogP contribution in [0.2, 0.25) is 0 Å². The molecule has 1 aromatic heterocycles. The molecule has 176 valence electrons. The van der Waals surface area contributed by atoms with Gasteiger partial charge in [-0.15, -0.1) is 11.8 Å². The molecule has 1 aromatic carbocycles. The second-order valence-corrected chi connectivity index (χ2v) is 9.99. The molecule has 32 heavy (non-hydrogen) atoms. The minimum absolute atomic E-state index is 0.0773. The number of amides is 1. The summed E-state index contributed by atoms with van der Waals surface area (Å²) in [6.07, 6.45) is 0. The number of thioether (sulfide) groups is 1. The van der Waals surface area contributed by atoms with Crippen LogP contribution in [-0.4, -0.2) is 55.2 Å². The van der Waals surface area contributed by atoms with Crippen molar-refractivity contribution in [1.82, 2.24) is 9.46 Å². The Bertz CT molecular complexity index is 1040. The van der Waals surface area contributed by atoms with Crippen LogP contribution in [0.25, 0.3) is 0 Å². The lowest BCUT2D eigenvalue weighted by atomic mass is 10.2. The maximum atomic E-state index is 12.7. The number of ether oxygens (including phenoxy) is 1. The van der Waals surface area contributed by atoms with E-state index in [0.717, 1.165) is 11.3 Å². The average molecular weight is 484 g/mol. The van der Waals surface area contributed by atoms with Crippen molar-refractivity contribution in [2.75, 3.05) is 30.8 Å². The van der Waals surface area contributed by atoms with E-state index in [1.165, 1.54) is 28.2 Å². The molecule has 0 bridgehead atoms. The summed E-state index contributed by atoms with van der Waals surface area (Å²) < 4.78 is 36.9. The number of rotatable bonds is 11. The molecule has 1 heterocycles. The van der Waals surface area contributed by atoms with Crippen LogP contribution >= 0.6 is 11.8 Å². The van der Waals surface area contributed by atoms with Gasteiger partial charge in [0.2, 0.25) is 10.0 Å². The van der Waals surface area contributed by atoms with Crippen LogP contribution in [-0.2, 0) is 30.1 Å². The summed E-state index contributed by atoms with van der Waals surface area (Å²) in [4.78, 5) is 24.3. The first-order valence-electron chi connectivity index (χ1n) is 10.2. The Labute approximate surface area is 192 Å². The second-order valence-electron chi connectivity index (χ2n) is 7.07.